The topological polar surface area (TPSA) is 69.7 Å². The molecule has 0 aliphatic carbocycles. The van der Waals surface area contributed by atoms with E-state index in [1.165, 1.54) is 38.4 Å². The van der Waals surface area contributed by atoms with Crippen molar-refractivity contribution in [1.29, 1.82) is 0 Å². The molecule has 1 heterocycles. The fourth-order valence-electron chi connectivity index (χ4n) is 3.18. The van der Waals surface area contributed by atoms with Crippen LogP contribution < -0.4 is 14.5 Å². The van der Waals surface area contributed by atoms with E-state index in [4.69, 9.17) is 11.6 Å². The van der Waals surface area contributed by atoms with Crippen molar-refractivity contribution in [1.82, 2.24) is 0 Å². The van der Waals surface area contributed by atoms with Gasteiger partial charge in [-0.2, -0.15) is 0 Å². The second-order valence-electron chi connectivity index (χ2n) is 6.94. The average molecular weight is 422 g/mol. The van der Waals surface area contributed by atoms with Gasteiger partial charge in [0.1, 0.15) is 0 Å². The first-order valence-electron chi connectivity index (χ1n) is 9.15. The van der Waals surface area contributed by atoms with Gasteiger partial charge in [0.15, 0.2) is 0 Å². The zero-order valence-electron chi connectivity index (χ0n) is 16.0. The number of anilines is 3. The molecule has 1 aliphatic heterocycles. The first kappa shape index (κ1) is 20.5. The summed E-state index contributed by atoms with van der Waals surface area (Å²) in [5, 5.41) is 3.08. The monoisotopic (exact) mass is 421 g/mol. The number of carbonyl (C=O) groups excluding carboxylic acids is 1. The number of nitrogens with one attached hydrogen (secondary N) is 1. The molecule has 0 radical (unpaired) electrons. The van der Waals surface area contributed by atoms with Crippen LogP contribution in [-0.4, -0.2) is 40.7 Å². The van der Waals surface area contributed by atoms with E-state index >= 15 is 0 Å². The number of amides is 1. The Bertz CT molecular complexity index is 955. The molecule has 1 saturated heterocycles. The Labute approximate surface area is 171 Å². The molecular formula is C20H24ClN3O3S. The summed E-state index contributed by atoms with van der Waals surface area (Å²) in [4.78, 5) is 15.0. The van der Waals surface area contributed by atoms with Crippen molar-refractivity contribution < 1.29 is 13.2 Å². The lowest BCUT2D eigenvalue weighted by molar-refractivity contribution is 0.102. The molecule has 150 valence electrons. The molecule has 6 nitrogen and oxygen atoms in total. The second kappa shape index (κ2) is 8.41. The Hall–Kier alpha value is -2.25. The Balaban J connectivity index is 1.75. The first-order chi connectivity index (χ1) is 13.3. The molecule has 1 aliphatic rings. The van der Waals surface area contributed by atoms with Crippen molar-refractivity contribution in [3.8, 4) is 0 Å². The van der Waals surface area contributed by atoms with E-state index in [9.17, 15) is 13.2 Å². The fraction of sp³-hybridized carbons (Fsp3) is 0.350. The predicted octanol–water partition coefficient (Wildman–Crippen LogP) is 3.98. The van der Waals surface area contributed by atoms with Crippen molar-refractivity contribution >= 4 is 44.6 Å². The number of piperidine rings is 1. The summed E-state index contributed by atoms with van der Waals surface area (Å²) in [6.45, 7) is 2.12. The van der Waals surface area contributed by atoms with E-state index in [-0.39, 0.29) is 16.5 Å². The maximum absolute atomic E-state index is 12.7. The predicted molar refractivity (Wildman–Crippen MR) is 115 cm³/mol. The molecule has 8 heteroatoms. The molecule has 2 aromatic rings. The lowest BCUT2D eigenvalue weighted by Gasteiger charge is -2.28. The van der Waals surface area contributed by atoms with Gasteiger partial charge >= 0.3 is 0 Å². The SMILES string of the molecule is CN(c1ccc(Cl)c(C(=O)Nc2ccc(N3CCCCC3)cc2)c1)S(C)(=O)=O. The molecule has 0 atom stereocenters. The molecule has 0 aromatic heterocycles. The molecule has 0 spiro atoms. The summed E-state index contributed by atoms with van der Waals surface area (Å²) in [7, 11) is -2.00. The van der Waals surface area contributed by atoms with Gasteiger partial charge in [0.25, 0.3) is 5.91 Å². The van der Waals surface area contributed by atoms with Crippen LogP contribution in [0.25, 0.3) is 0 Å². The van der Waals surface area contributed by atoms with E-state index in [2.05, 4.69) is 10.2 Å². The van der Waals surface area contributed by atoms with Gasteiger partial charge < -0.3 is 10.2 Å². The third-order valence-corrected chi connectivity index (χ3v) is 6.44. The third-order valence-electron chi connectivity index (χ3n) is 4.90. The summed E-state index contributed by atoms with van der Waals surface area (Å²) in [6.07, 6.45) is 4.79. The molecule has 1 N–H and O–H groups in total. The number of hydrogen-bond donors (Lipinski definition) is 1. The molecular weight excluding hydrogens is 398 g/mol. The maximum atomic E-state index is 12.7. The van der Waals surface area contributed by atoms with Crippen LogP contribution in [0.3, 0.4) is 0 Å². The minimum Gasteiger partial charge on any atom is -0.372 e. The van der Waals surface area contributed by atoms with Gasteiger partial charge in [-0.3, -0.25) is 9.10 Å². The summed E-state index contributed by atoms with van der Waals surface area (Å²) >= 11 is 6.17. The third kappa shape index (κ3) is 4.77. The van der Waals surface area contributed by atoms with Gasteiger partial charge in [0, 0.05) is 31.5 Å². The minimum absolute atomic E-state index is 0.217. The van der Waals surface area contributed by atoms with E-state index < -0.39 is 10.0 Å². The van der Waals surface area contributed by atoms with Gasteiger partial charge in [-0.15, -0.1) is 0 Å². The summed E-state index contributed by atoms with van der Waals surface area (Å²) < 4.78 is 24.6. The molecule has 0 bridgehead atoms. The molecule has 3 rings (SSSR count). The summed E-state index contributed by atoms with van der Waals surface area (Å²) in [5.41, 5.74) is 2.39. The van der Waals surface area contributed by atoms with Crippen LogP contribution >= 0.6 is 11.6 Å². The Kier molecular flexibility index (Phi) is 6.15. The smallest absolute Gasteiger partial charge is 0.257 e. The van der Waals surface area contributed by atoms with Crippen LogP contribution in [0.2, 0.25) is 5.02 Å². The highest BCUT2D eigenvalue weighted by Crippen LogP contribution is 2.26. The van der Waals surface area contributed by atoms with Crippen LogP contribution in [0.1, 0.15) is 29.6 Å². The quantitative estimate of drug-likeness (QED) is 0.792. The normalized spacial score (nSPS) is 14.6. The van der Waals surface area contributed by atoms with Gasteiger partial charge in [0.2, 0.25) is 10.0 Å². The zero-order chi connectivity index (χ0) is 20.3. The summed E-state index contributed by atoms with van der Waals surface area (Å²) in [6, 6.07) is 12.3. The van der Waals surface area contributed by atoms with Crippen LogP contribution in [0.15, 0.2) is 42.5 Å². The van der Waals surface area contributed by atoms with Crippen LogP contribution in [0.4, 0.5) is 17.1 Å². The Morgan fingerprint density at radius 1 is 1.07 bits per heavy atom. The highest BCUT2D eigenvalue weighted by atomic mass is 35.5. The van der Waals surface area contributed by atoms with Gasteiger partial charge in [-0.1, -0.05) is 11.6 Å². The number of sulfonamides is 1. The second-order valence-corrected chi connectivity index (χ2v) is 9.36. The molecule has 0 saturated carbocycles. The fourth-order valence-corrected chi connectivity index (χ4v) is 3.88. The standard InChI is InChI=1S/C20H24ClN3O3S/c1-23(28(2,26)27)17-10-11-19(21)18(14-17)20(25)22-15-6-8-16(9-7-15)24-12-4-3-5-13-24/h6-11,14H,3-5,12-13H2,1-2H3,(H,22,25). The number of benzene rings is 2. The lowest BCUT2D eigenvalue weighted by Crippen LogP contribution is -2.29. The number of halogens is 1. The molecule has 1 fully saturated rings. The largest absolute Gasteiger partial charge is 0.372 e. The van der Waals surface area contributed by atoms with E-state index in [1.54, 1.807) is 6.07 Å². The maximum Gasteiger partial charge on any atom is 0.257 e. The van der Waals surface area contributed by atoms with E-state index in [0.717, 1.165) is 29.3 Å². The van der Waals surface area contributed by atoms with Crippen molar-refractivity contribution in [3.63, 3.8) is 0 Å². The summed E-state index contributed by atoms with van der Waals surface area (Å²) in [5.74, 6) is -0.389. The van der Waals surface area contributed by atoms with Crippen molar-refractivity contribution in [2.24, 2.45) is 0 Å². The zero-order valence-corrected chi connectivity index (χ0v) is 17.6. The van der Waals surface area contributed by atoms with Crippen LogP contribution in [0, 0.1) is 0 Å². The van der Waals surface area contributed by atoms with Crippen LogP contribution in [-0.2, 0) is 10.0 Å². The highest BCUT2D eigenvalue weighted by Gasteiger charge is 2.17. The Morgan fingerprint density at radius 2 is 1.71 bits per heavy atom. The number of nitrogens with zero attached hydrogens (tertiary/aromatic N) is 2. The molecule has 1 amide bonds. The number of rotatable bonds is 5. The molecule has 28 heavy (non-hydrogen) atoms. The number of carbonyl (C=O) groups is 1. The van der Waals surface area contributed by atoms with Crippen LogP contribution in [0.5, 0.6) is 0 Å². The van der Waals surface area contributed by atoms with E-state index in [1.807, 2.05) is 24.3 Å². The molecule has 0 unspecified atom stereocenters. The Morgan fingerprint density at radius 3 is 2.32 bits per heavy atom. The van der Waals surface area contributed by atoms with Gasteiger partial charge in [-0.05, 0) is 61.7 Å². The lowest BCUT2D eigenvalue weighted by atomic mass is 10.1. The van der Waals surface area contributed by atoms with E-state index in [0.29, 0.717) is 11.4 Å². The van der Waals surface area contributed by atoms with Gasteiger partial charge in [0.05, 0.1) is 22.5 Å². The van der Waals surface area contributed by atoms with Crippen molar-refractivity contribution in [3.05, 3.63) is 53.1 Å². The minimum atomic E-state index is -3.43. The van der Waals surface area contributed by atoms with Crippen molar-refractivity contribution in [2.45, 2.75) is 19.3 Å². The average Bonchev–Trinajstić information content (AvgIpc) is 2.68. The number of hydrogen-bond acceptors (Lipinski definition) is 4. The first-order valence-corrected chi connectivity index (χ1v) is 11.4. The van der Waals surface area contributed by atoms with Gasteiger partial charge in [-0.25, -0.2) is 8.42 Å². The molecule has 2 aromatic carbocycles. The van der Waals surface area contributed by atoms with Crippen molar-refractivity contribution in [2.75, 3.05) is 40.9 Å². The highest BCUT2D eigenvalue weighted by molar-refractivity contribution is 7.92.